The lowest BCUT2D eigenvalue weighted by Gasteiger charge is -2.24. The summed E-state index contributed by atoms with van der Waals surface area (Å²) in [5.74, 6) is -0.0874. The van der Waals surface area contributed by atoms with Crippen LogP contribution in [0, 0.1) is 5.92 Å². The lowest BCUT2D eigenvalue weighted by molar-refractivity contribution is -0.134. The third-order valence-corrected chi connectivity index (χ3v) is 5.57. The van der Waals surface area contributed by atoms with Gasteiger partial charge in [0.1, 0.15) is 0 Å². The number of amides is 2. The van der Waals surface area contributed by atoms with Crippen molar-refractivity contribution in [1.82, 2.24) is 24.8 Å². The molecule has 3 heterocycles. The van der Waals surface area contributed by atoms with Gasteiger partial charge in [-0.1, -0.05) is 30.3 Å². The second kappa shape index (κ2) is 8.90. The van der Waals surface area contributed by atoms with Crippen molar-refractivity contribution in [2.45, 2.75) is 13.3 Å². The maximum absolute atomic E-state index is 13.2. The molecule has 0 radical (unpaired) electrons. The number of carbonyl (C=O) groups excluding carboxylic acids is 2. The predicted octanol–water partition coefficient (Wildman–Crippen LogP) is 2.63. The number of H-pyrrole nitrogens is 1. The van der Waals surface area contributed by atoms with Crippen molar-refractivity contribution in [2.24, 2.45) is 5.92 Å². The highest BCUT2D eigenvalue weighted by Gasteiger charge is 2.33. The topological polar surface area (TPSA) is 82.2 Å². The van der Waals surface area contributed by atoms with Gasteiger partial charge in [0.05, 0.1) is 5.92 Å². The van der Waals surface area contributed by atoms with Gasteiger partial charge in [-0.05, 0) is 30.5 Å². The van der Waals surface area contributed by atoms with Gasteiger partial charge in [-0.3, -0.25) is 14.6 Å². The Balaban J connectivity index is 1.63. The molecule has 0 aliphatic carbocycles. The number of aromatic nitrogens is 3. The summed E-state index contributed by atoms with van der Waals surface area (Å²) < 4.78 is 0. The third kappa shape index (κ3) is 4.10. The fraction of sp³-hybridized carbons (Fsp3) is 0.304. The van der Waals surface area contributed by atoms with E-state index in [4.69, 9.17) is 0 Å². The first-order valence-corrected chi connectivity index (χ1v) is 10.2. The molecule has 154 valence electrons. The van der Waals surface area contributed by atoms with Gasteiger partial charge in [0, 0.05) is 56.5 Å². The summed E-state index contributed by atoms with van der Waals surface area (Å²) >= 11 is 0. The number of aromatic amines is 1. The molecule has 4 rings (SSSR count). The highest BCUT2D eigenvalue weighted by Crippen LogP contribution is 2.27. The Labute approximate surface area is 175 Å². The summed E-state index contributed by atoms with van der Waals surface area (Å²) in [6.45, 7) is 4.00. The number of carbonyl (C=O) groups is 2. The van der Waals surface area contributed by atoms with Crippen molar-refractivity contribution in [2.75, 3.05) is 26.2 Å². The minimum absolute atomic E-state index is 0.0910. The van der Waals surface area contributed by atoms with E-state index in [-0.39, 0.29) is 17.7 Å². The standard InChI is InChI=1S/C23H25N5O2/c1-2-27-12-13-28(23(30)21-25-10-11-26-21)16-19(22(27)29)14-17-6-3-4-8-20(17)18-7-5-9-24-15-18/h3-11,15,19H,2,12-14,16H2,1H3,(H,25,26)/t19-/m0/s1. The van der Waals surface area contributed by atoms with Crippen LogP contribution in [-0.2, 0) is 11.2 Å². The van der Waals surface area contributed by atoms with E-state index in [1.807, 2.05) is 42.3 Å². The van der Waals surface area contributed by atoms with E-state index >= 15 is 0 Å². The lowest BCUT2D eigenvalue weighted by atomic mass is 9.91. The maximum atomic E-state index is 13.2. The highest BCUT2D eigenvalue weighted by atomic mass is 16.2. The minimum Gasteiger partial charge on any atom is -0.341 e. The summed E-state index contributed by atoms with van der Waals surface area (Å²) in [5, 5.41) is 0. The number of likely N-dealkylation sites (N-methyl/N-ethyl adjacent to an activating group) is 1. The quantitative estimate of drug-likeness (QED) is 0.710. The monoisotopic (exact) mass is 403 g/mol. The molecule has 2 aromatic heterocycles. The molecule has 1 aromatic carbocycles. The Hall–Kier alpha value is -3.48. The summed E-state index contributed by atoms with van der Waals surface area (Å²) in [7, 11) is 0. The summed E-state index contributed by atoms with van der Waals surface area (Å²) in [6.07, 6.45) is 7.34. The van der Waals surface area contributed by atoms with Gasteiger partial charge in [-0.25, -0.2) is 4.98 Å². The predicted molar refractivity (Wildman–Crippen MR) is 114 cm³/mol. The van der Waals surface area contributed by atoms with Crippen LogP contribution in [-0.4, -0.2) is 62.7 Å². The minimum atomic E-state index is -0.316. The molecule has 7 nitrogen and oxygen atoms in total. The first kappa shape index (κ1) is 19.8. The highest BCUT2D eigenvalue weighted by molar-refractivity contribution is 5.91. The van der Waals surface area contributed by atoms with Gasteiger partial charge in [0.2, 0.25) is 5.91 Å². The zero-order valence-electron chi connectivity index (χ0n) is 17.0. The van der Waals surface area contributed by atoms with Crippen LogP contribution in [0.4, 0.5) is 0 Å². The first-order valence-electron chi connectivity index (χ1n) is 10.2. The van der Waals surface area contributed by atoms with Crippen LogP contribution in [0.5, 0.6) is 0 Å². The second-order valence-corrected chi connectivity index (χ2v) is 7.41. The van der Waals surface area contributed by atoms with Crippen molar-refractivity contribution in [3.8, 4) is 11.1 Å². The van der Waals surface area contributed by atoms with E-state index in [9.17, 15) is 9.59 Å². The van der Waals surface area contributed by atoms with Gasteiger partial charge in [-0.2, -0.15) is 0 Å². The number of pyridine rings is 1. The third-order valence-electron chi connectivity index (χ3n) is 5.57. The van der Waals surface area contributed by atoms with Gasteiger partial charge < -0.3 is 14.8 Å². The van der Waals surface area contributed by atoms with Crippen molar-refractivity contribution in [3.63, 3.8) is 0 Å². The number of rotatable bonds is 5. The van der Waals surface area contributed by atoms with E-state index in [0.717, 1.165) is 16.7 Å². The van der Waals surface area contributed by atoms with Gasteiger partial charge in [0.25, 0.3) is 5.91 Å². The zero-order valence-corrected chi connectivity index (χ0v) is 17.0. The Kier molecular flexibility index (Phi) is 5.88. The molecule has 3 aromatic rings. The number of hydrogen-bond donors (Lipinski definition) is 1. The van der Waals surface area contributed by atoms with Crippen molar-refractivity contribution < 1.29 is 9.59 Å². The number of hydrogen-bond acceptors (Lipinski definition) is 4. The molecule has 2 amide bonds. The molecule has 1 aliphatic rings. The molecular formula is C23H25N5O2. The molecule has 1 N–H and O–H groups in total. The largest absolute Gasteiger partial charge is 0.341 e. The van der Waals surface area contributed by atoms with Crippen LogP contribution in [0.1, 0.15) is 23.1 Å². The first-order chi connectivity index (χ1) is 14.7. The van der Waals surface area contributed by atoms with Crippen LogP contribution in [0.15, 0.2) is 61.2 Å². The van der Waals surface area contributed by atoms with Crippen molar-refractivity contribution in [3.05, 3.63) is 72.6 Å². The van der Waals surface area contributed by atoms with Crippen molar-refractivity contribution >= 4 is 11.8 Å². The van der Waals surface area contributed by atoms with E-state index in [1.54, 1.807) is 23.5 Å². The molecule has 0 saturated carbocycles. The average molecular weight is 403 g/mol. The van der Waals surface area contributed by atoms with Crippen LogP contribution in [0.2, 0.25) is 0 Å². The Morgan fingerprint density at radius 1 is 1.17 bits per heavy atom. The maximum Gasteiger partial charge on any atom is 0.289 e. The molecule has 1 saturated heterocycles. The SMILES string of the molecule is CCN1CCN(C(=O)c2ncc[nH]2)C[C@H](Cc2ccccc2-c2cccnc2)C1=O. The Morgan fingerprint density at radius 2 is 2.03 bits per heavy atom. The van der Waals surface area contributed by atoms with E-state index in [2.05, 4.69) is 27.1 Å². The molecule has 0 bridgehead atoms. The molecule has 1 fully saturated rings. The molecule has 30 heavy (non-hydrogen) atoms. The molecule has 1 atom stereocenters. The van der Waals surface area contributed by atoms with Crippen LogP contribution >= 0.6 is 0 Å². The Bertz CT molecular complexity index is 1000. The van der Waals surface area contributed by atoms with E-state index in [1.165, 1.54) is 0 Å². The van der Waals surface area contributed by atoms with E-state index in [0.29, 0.717) is 38.4 Å². The van der Waals surface area contributed by atoms with Gasteiger partial charge >= 0.3 is 0 Å². The van der Waals surface area contributed by atoms with E-state index < -0.39 is 0 Å². The molecular weight excluding hydrogens is 378 g/mol. The Morgan fingerprint density at radius 3 is 2.77 bits per heavy atom. The normalized spacial score (nSPS) is 17.1. The summed E-state index contributed by atoms with van der Waals surface area (Å²) in [6, 6.07) is 12.0. The average Bonchev–Trinajstić information content (AvgIpc) is 3.28. The summed E-state index contributed by atoms with van der Waals surface area (Å²) in [5.41, 5.74) is 3.16. The molecule has 1 aliphatic heterocycles. The number of benzene rings is 1. The van der Waals surface area contributed by atoms with Gasteiger partial charge in [0.15, 0.2) is 5.82 Å². The summed E-state index contributed by atoms with van der Waals surface area (Å²) in [4.78, 5) is 40.9. The number of nitrogens with zero attached hydrogens (tertiary/aromatic N) is 4. The zero-order chi connectivity index (χ0) is 20.9. The fourth-order valence-electron chi connectivity index (χ4n) is 3.99. The van der Waals surface area contributed by atoms with Crippen LogP contribution < -0.4 is 0 Å². The van der Waals surface area contributed by atoms with Crippen molar-refractivity contribution in [1.29, 1.82) is 0 Å². The lowest BCUT2D eigenvalue weighted by Crippen LogP contribution is -2.38. The number of nitrogens with one attached hydrogen (secondary N) is 1. The van der Waals surface area contributed by atoms with Crippen LogP contribution in [0.3, 0.4) is 0 Å². The molecule has 0 spiro atoms. The smallest absolute Gasteiger partial charge is 0.289 e. The van der Waals surface area contributed by atoms with Crippen LogP contribution in [0.25, 0.3) is 11.1 Å². The molecule has 7 heteroatoms. The molecule has 0 unspecified atom stereocenters. The van der Waals surface area contributed by atoms with Gasteiger partial charge in [-0.15, -0.1) is 0 Å². The fourth-order valence-corrected chi connectivity index (χ4v) is 3.99. The second-order valence-electron chi connectivity index (χ2n) is 7.41. The number of imidazole rings is 1.